The van der Waals surface area contributed by atoms with Crippen LogP contribution < -0.4 is 9.47 Å². The van der Waals surface area contributed by atoms with Gasteiger partial charge in [-0.2, -0.15) is 5.26 Å². The average molecular weight is 253 g/mol. The molecule has 0 saturated heterocycles. The monoisotopic (exact) mass is 253 g/mol. The van der Waals surface area contributed by atoms with E-state index in [1.807, 2.05) is 6.07 Å². The number of rotatable bonds is 3. The predicted octanol–water partition coefficient (Wildman–Crippen LogP) is 2.79. The number of ether oxygens (including phenoxy) is 2. The summed E-state index contributed by atoms with van der Waals surface area (Å²) in [5.41, 5.74) is 0.921. The van der Waals surface area contributed by atoms with Crippen LogP contribution in [-0.2, 0) is 0 Å². The molecule has 2 aromatic rings. The summed E-state index contributed by atoms with van der Waals surface area (Å²) in [7, 11) is 1.53. The van der Waals surface area contributed by atoms with Gasteiger partial charge in [0.25, 0.3) is 0 Å². The van der Waals surface area contributed by atoms with Crippen LogP contribution in [0.4, 0.5) is 0 Å². The van der Waals surface area contributed by atoms with Gasteiger partial charge in [-0.3, -0.25) is 0 Å². The molecule has 0 atom stereocenters. The van der Waals surface area contributed by atoms with Crippen molar-refractivity contribution < 1.29 is 14.3 Å². The van der Waals surface area contributed by atoms with Crippen molar-refractivity contribution in [1.82, 2.24) is 0 Å². The molecule has 2 aromatic carbocycles. The quantitative estimate of drug-likeness (QED) is 0.623. The van der Waals surface area contributed by atoms with Crippen LogP contribution in [0.1, 0.15) is 15.9 Å². The van der Waals surface area contributed by atoms with Crippen LogP contribution in [0.5, 0.6) is 11.5 Å². The minimum absolute atomic E-state index is 0.395. The molecule has 0 radical (unpaired) electrons. The van der Waals surface area contributed by atoms with Gasteiger partial charge in [-0.1, -0.05) is 6.07 Å². The summed E-state index contributed by atoms with van der Waals surface area (Å²) in [6.45, 7) is 0. The second-order valence-electron chi connectivity index (χ2n) is 3.76. The van der Waals surface area contributed by atoms with Gasteiger partial charge < -0.3 is 9.47 Å². The molecule has 0 spiro atoms. The van der Waals surface area contributed by atoms with Crippen molar-refractivity contribution in [3.05, 3.63) is 59.7 Å². The number of methoxy groups -OCH3 is 1. The van der Waals surface area contributed by atoms with E-state index in [4.69, 9.17) is 14.7 Å². The topological polar surface area (TPSA) is 59.3 Å². The van der Waals surface area contributed by atoms with E-state index in [0.29, 0.717) is 22.6 Å². The Kier molecular flexibility index (Phi) is 3.79. The lowest BCUT2D eigenvalue weighted by molar-refractivity contribution is 0.0734. The van der Waals surface area contributed by atoms with Gasteiger partial charge in [-0.25, -0.2) is 4.79 Å². The van der Waals surface area contributed by atoms with Crippen LogP contribution in [0.15, 0.2) is 48.5 Å². The first-order valence-electron chi connectivity index (χ1n) is 5.59. The van der Waals surface area contributed by atoms with Crippen LogP contribution in [0.2, 0.25) is 0 Å². The fourth-order valence-corrected chi connectivity index (χ4v) is 1.51. The van der Waals surface area contributed by atoms with Crippen LogP contribution >= 0.6 is 0 Å². The van der Waals surface area contributed by atoms with Gasteiger partial charge in [0.15, 0.2) is 0 Å². The molecule has 0 fully saturated rings. The minimum atomic E-state index is -0.469. The second kappa shape index (κ2) is 5.69. The fourth-order valence-electron chi connectivity index (χ4n) is 1.51. The lowest BCUT2D eigenvalue weighted by Gasteiger charge is -2.05. The van der Waals surface area contributed by atoms with Crippen molar-refractivity contribution >= 4 is 5.97 Å². The molecule has 2 rings (SSSR count). The Balaban J connectivity index is 2.13. The molecule has 0 aliphatic rings. The van der Waals surface area contributed by atoms with E-state index in [0.717, 1.165) is 0 Å². The number of carbonyl (C=O) groups is 1. The first-order valence-corrected chi connectivity index (χ1v) is 5.59. The Hall–Kier alpha value is -2.80. The Morgan fingerprint density at radius 1 is 1.11 bits per heavy atom. The first-order chi connectivity index (χ1) is 9.22. The molecule has 0 N–H and O–H groups in total. The number of hydrogen-bond donors (Lipinski definition) is 0. The number of benzene rings is 2. The van der Waals surface area contributed by atoms with Crippen molar-refractivity contribution in [3.8, 4) is 17.6 Å². The van der Waals surface area contributed by atoms with Crippen LogP contribution in [-0.4, -0.2) is 13.1 Å². The zero-order chi connectivity index (χ0) is 13.7. The van der Waals surface area contributed by atoms with E-state index < -0.39 is 5.97 Å². The highest BCUT2D eigenvalue weighted by atomic mass is 16.5. The Morgan fingerprint density at radius 3 is 2.47 bits per heavy atom. The summed E-state index contributed by atoms with van der Waals surface area (Å²) in [5.74, 6) is 0.518. The number of nitrogens with zero attached hydrogens (tertiary/aromatic N) is 1. The molecule has 0 aliphatic carbocycles. The standard InChI is InChI=1S/C15H11NO3/c1-18-14-4-2-3-12(9-14)15(17)19-13-7-5-11(10-16)6-8-13/h2-9H,1H3. The minimum Gasteiger partial charge on any atom is -0.497 e. The average Bonchev–Trinajstić information content (AvgIpc) is 2.48. The summed E-state index contributed by atoms with van der Waals surface area (Å²) in [4.78, 5) is 11.9. The van der Waals surface area contributed by atoms with E-state index in [1.54, 1.807) is 48.5 Å². The van der Waals surface area contributed by atoms with E-state index in [9.17, 15) is 4.79 Å². The largest absolute Gasteiger partial charge is 0.497 e. The summed E-state index contributed by atoms with van der Waals surface area (Å²) < 4.78 is 10.2. The summed E-state index contributed by atoms with van der Waals surface area (Å²) in [6.07, 6.45) is 0. The maximum atomic E-state index is 11.9. The number of nitriles is 1. The fraction of sp³-hybridized carbons (Fsp3) is 0.0667. The number of hydrogen-bond acceptors (Lipinski definition) is 4. The van der Waals surface area contributed by atoms with E-state index in [1.165, 1.54) is 7.11 Å². The molecule has 19 heavy (non-hydrogen) atoms. The molecule has 0 unspecified atom stereocenters. The zero-order valence-electron chi connectivity index (χ0n) is 10.3. The van der Waals surface area contributed by atoms with Crippen molar-refractivity contribution in [2.45, 2.75) is 0 Å². The van der Waals surface area contributed by atoms with Gasteiger partial charge in [0, 0.05) is 0 Å². The number of esters is 1. The van der Waals surface area contributed by atoms with E-state index in [2.05, 4.69) is 0 Å². The van der Waals surface area contributed by atoms with Gasteiger partial charge >= 0.3 is 5.97 Å². The Bertz CT molecular complexity index is 627. The highest BCUT2D eigenvalue weighted by Crippen LogP contribution is 2.17. The van der Waals surface area contributed by atoms with Crippen molar-refractivity contribution in [1.29, 1.82) is 5.26 Å². The lowest BCUT2D eigenvalue weighted by atomic mass is 10.2. The van der Waals surface area contributed by atoms with Crippen LogP contribution in [0.3, 0.4) is 0 Å². The SMILES string of the molecule is COc1cccc(C(=O)Oc2ccc(C#N)cc2)c1. The van der Waals surface area contributed by atoms with Crippen molar-refractivity contribution in [2.24, 2.45) is 0 Å². The predicted molar refractivity (Wildman–Crippen MR) is 69.1 cm³/mol. The molecule has 4 nitrogen and oxygen atoms in total. The molecule has 0 aliphatic heterocycles. The van der Waals surface area contributed by atoms with E-state index in [-0.39, 0.29) is 0 Å². The van der Waals surface area contributed by atoms with Gasteiger partial charge in [-0.05, 0) is 42.5 Å². The lowest BCUT2D eigenvalue weighted by Crippen LogP contribution is -2.08. The Labute approximate surface area is 110 Å². The molecular formula is C15H11NO3. The zero-order valence-corrected chi connectivity index (χ0v) is 10.3. The van der Waals surface area contributed by atoms with Crippen LogP contribution in [0, 0.1) is 11.3 Å². The third kappa shape index (κ3) is 3.11. The maximum Gasteiger partial charge on any atom is 0.343 e. The molecule has 94 valence electrons. The smallest absolute Gasteiger partial charge is 0.343 e. The second-order valence-corrected chi connectivity index (χ2v) is 3.76. The maximum absolute atomic E-state index is 11.9. The van der Waals surface area contributed by atoms with E-state index >= 15 is 0 Å². The van der Waals surface area contributed by atoms with Gasteiger partial charge in [0.1, 0.15) is 11.5 Å². The summed E-state index contributed by atoms with van der Waals surface area (Å²) in [6, 6.07) is 15.1. The highest BCUT2D eigenvalue weighted by Gasteiger charge is 2.09. The van der Waals surface area contributed by atoms with Crippen molar-refractivity contribution in [2.75, 3.05) is 7.11 Å². The summed E-state index contributed by atoms with van der Waals surface area (Å²) in [5, 5.41) is 8.67. The Morgan fingerprint density at radius 2 is 1.84 bits per heavy atom. The molecule has 0 aromatic heterocycles. The molecule has 0 amide bonds. The molecule has 0 bridgehead atoms. The summed E-state index contributed by atoms with van der Waals surface area (Å²) >= 11 is 0. The molecule has 4 heteroatoms. The van der Waals surface area contributed by atoms with Gasteiger partial charge in [-0.15, -0.1) is 0 Å². The van der Waals surface area contributed by atoms with Gasteiger partial charge in [0.05, 0.1) is 24.3 Å². The van der Waals surface area contributed by atoms with Gasteiger partial charge in [0.2, 0.25) is 0 Å². The molecular weight excluding hydrogens is 242 g/mol. The molecule has 0 heterocycles. The number of carbonyl (C=O) groups excluding carboxylic acids is 1. The highest BCUT2D eigenvalue weighted by molar-refractivity contribution is 5.91. The third-order valence-electron chi connectivity index (χ3n) is 2.50. The van der Waals surface area contributed by atoms with Crippen LogP contribution in [0.25, 0.3) is 0 Å². The van der Waals surface area contributed by atoms with Crippen molar-refractivity contribution in [3.63, 3.8) is 0 Å². The normalized spacial score (nSPS) is 9.47. The third-order valence-corrected chi connectivity index (χ3v) is 2.50. The molecule has 0 saturated carbocycles. The first kappa shape index (κ1) is 12.7.